The van der Waals surface area contributed by atoms with Crippen LogP contribution in [0.25, 0.3) is 28.1 Å². The van der Waals surface area contributed by atoms with Crippen molar-refractivity contribution in [1.29, 1.82) is 0 Å². The van der Waals surface area contributed by atoms with Gasteiger partial charge in [0.15, 0.2) is 11.5 Å². The SMILES string of the molecule is FC(F)(F)C(c1ccc2nnc(-c3ccc4cccc(C5CC5)c4n3)n2c1)N1CC2CC1CN2. The zero-order valence-corrected chi connectivity index (χ0v) is 18.3. The van der Waals surface area contributed by atoms with Gasteiger partial charge in [0.1, 0.15) is 11.7 Å². The largest absolute Gasteiger partial charge is 0.408 e. The van der Waals surface area contributed by atoms with Gasteiger partial charge in [-0.25, -0.2) is 4.98 Å². The van der Waals surface area contributed by atoms with Gasteiger partial charge in [0.05, 0.1) is 5.52 Å². The Morgan fingerprint density at radius 1 is 1.03 bits per heavy atom. The Morgan fingerprint density at radius 2 is 1.91 bits per heavy atom. The minimum atomic E-state index is -4.38. The number of hydrogen-bond donors (Lipinski definition) is 1. The second kappa shape index (κ2) is 7.23. The molecular formula is C25H23F3N6. The summed E-state index contributed by atoms with van der Waals surface area (Å²) >= 11 is 0. The lowest BCUT2D eigenvalue weighted by Gasteiger charge is -2.36. The Balaban J connectivity index is 1.34. The van der Waals surface area contributed by atoms with Crippen molar-refractivity contribution in [3.63, 3.8) is 0 Å². The average Bonchev–Trinajstić information content (AvgIpc) is 3.23. The van der Waals surface area contributed by atoms with Crippen LogP contribution >= 0.6 is 0 Å². The Hall–Kier alpha value is -3.04. The number of benzene rings is 1. The van der Waals surface area contributed by atoms with Crippen LogP contribution in [0.5, 0.6) is 0 Å². The lowest BCUT2D eigenvalue weighted by molar-refractivity contribution is -0.190. The van der Waals surface area contributed by atoms with Crippen molar-refractivity contribution < 1.29 is 13.2 Å². The van der Waals surface area contributed by atoms with Crippen LogP contribution in [0.1, 0.15) is 42.3 Å². The molecule has 174 valence electrons. The van der Waals surface area contributed by atoms with Crippen LogP contribution in [0.3, 0.4) is 0 Å². The fourth-order valence-electron chi connectivity index (χ4n) is 5.74. The molecule has 2 saturated heterocycles. The highest BCUT2D eigenvalue weighted by atomic mass is 19.4. The number of piperazine rings is 1. The monoisotopic (exact) mass is 464 g/mol. The zero-order valence-electron chi connectivity index (χ0n) is 18.3. The van der Waals surface area contributed by atoms with Crippen molar-refractivity contribution in [2.45, 2.75) is 49.5 Å². The first-order chi connectivity index (χ1) is 16.5. The smallest absolute Gasteiger partial charge is 0.311 e. The number of nitrogens with zero attached hydrogens (tertiary/aromatic N) is 5. The van der Waals surface area contributed by atoms with Crippen molar-refractivity contribution in [2.24, 2.45) is 0 Å². The molecule has 3 aromatic heterocycles. The molecule has 1 N–H and O–H groups in total. The highest BCUT2D eigenvalue weighted by Gasteiger charge is 2.51. The topological polar surface area (TPSA) is 58.4 Å². The maximum absolute atomic E-state index is 14.3. The van der Waals surface area contributed by atoms with E-state index in [-0.39, 0.29) is 17.6 Å². The van der Waals surface area contributed by atoms with Crippen LogP contribution in [-0.2, 0) is 0 Å². The molecule has 0 spiro atoms. The van der Waals surface area contributed by atoms with Crippen molar-refractivity contribution in [2.75, 3.05) is 13.1 Å². The molecule has 0 amide bonds. The molecule has 5 heterocycles. The molecule has 6 nitrogen and oxygen atoms in total. The van der Waals surface area contributed by atoms with Gasteiger partial charge in [-0.3, -0.25) is 9.30 Å². The second-order valence-electron chi connectivity index (χ2n) is 9.74. The first kappa shape index (κ1) is 20.3. The molecule has 3 fully saturated rings. The van der Waals surface area contributed by atoms with E-state index in [1.807, 2.05) is 24.3 Å². The van der Waals surface area contributed by atoms with Gasteiger partial charge in [0.2, 0.25) is 0 Å². The van der Waals surface area contributed by atoms with E-state index in [2.05, 4.69) is 21.6 Å². The normalized spacial score (nSPS) is 23.9. The lowest BCUT2D eigenvalue weighted by Crippen LogP contribution is -2.49. The van der Waals surface area contributed by atoms with E-state index in [0.29, 0.717) is 36.2 Å². The average molecular weight is 464 g/mol. The van der Waals surface area contributed by atoms with E-state index in [4.69, 9.17) is 4.98 Å². The molecule has 3 aliphatic rings. The number of pyridine rings is 2. The van der Waals surface area contributed by atoms with Gasteiger partial charge in [-0.15, -0.1) is 10.2 Å². The van der Waals surface area contributed by atoms with E-state index >= 15 is 0 Å². The summed E-state index contributed by atoms with van der Waals surface area (Å²) in [4.78, 5) is 6.50. The predicted octanol–water partition coefficient (Wildman–Crippen LogP) is 4.47. The van der Waals surface area contributed by atoms with Crippen LogP contribution in [0.2, 0.25) is 0 Å². The molecule has 9 heteroatoms. The summed E-state index contributed by atoms with van der Waals surface area (Å²) in [5, 5.41) is 12.9. The van der Waals surface area contributed by atoms with E-state index in [0.717, 1.165) is 30.2 Å². The minimum Gasteiger partial charge on any atom is -0.311 e. The summed E-state index contributed by atoms with van der Waals surface area (Å²) < 4.78 is 44.6. The molecule has 7 rings (SSSR count). The molecule has 1 aliphatic carbocycles. The van der Waals surface area contributed by atoms with Crippen molar-refractivity contribution in [3.05, 3.63) is 59.8 Å². The maximum Gasteiger partial charge on any atom is 0.408 e. The maximum atomic E-state index is 14.3. The van der Waals surface area contributed by atoms with Gasteiger partial charge < -0.3 is 5.32 Å². The number of rotatable bonds is 4. The molecular weight excluding hydrogens is 441 g/mol. The third kappa shape index (κ3) is 3.21. The summed E-state index contributed by atoms with van der Waals surface area (Å²) in [5.41, 5.74) is 3.47. The van der Waals surface area contributed by atoms with Gasteiger partial charge >= 0.3 is 6.18 Å². The summed E-state index contributed by atoms with van der Waals surface area (Å²) in [5.74, 6) is 0.987. The molecule has 2 bridgehead atoms. The quantitative estimate of drug-likeness (QED) is 0.483. The Kier molecular flexibility index (Phi) is 4.32. The fraction of sp³-hybridized carbons (Fsp3) is 0.400. The van der Waals surface area contributed by atoms with E-state index in [1.54, 1.807) is 21.6 Å². The number of aromatic nitrogens is 4. The predicted molar refractivity (Wildman–Crippen MR) is 121 cm³/mol. The van der Waals surface area contributed by atoms with Gasteiger partial charge in [-0.2, -0.15) is 13.2 Å². The van der Waals surface area contributed by atoms with E-state index in [9.17, 15) is 13.2 Å². The van der Waals surface area contributed by atoms with Crippen LogP contribution in [0.15, 0.2) is 48.7 Å². The van der Waals surface area contributed by atoms with Crippen molar-refractivity contribution >= 4 is 16.6 Å². The van der Waals surface area contributed by atoms with Gasteiger partial charge in [-0.05, 0) is 48.4 Å². The van der Waals surface area contributed by atoms with E-state index in [1.165, 1.54) is 11.6 Å². The third-order valence-corrected chi connectivity index (χ3v) is 7.48. The molecule has 3 atom stereocenters. The number of halogens is 3. The van der Waals surface area contributed by atoms with Crippen molar-refractivity contribution in [1.82, 2.24) is 29.8 Å². The Bertz CT molecular complexity index is 1410. The van der Waals surface area contributed by atoms with Gasteiger partial charge in [-0.1, -0.05) is 30.3 Å². The number of hydrogen-bond acceptors (Lipinski definition) is 5. The van der Waals surface area contributed by atoms with Crippen LogP contribution in [0.4, 0.5) is 13.2 Å². The Labute approximate surface area is 193 Å². The lowest BCUT2D eigenvalue weighted by atomic mass is 10.0. The zero-order chi connectivity index (χ0) is 23.0. The third-order valence-electron chi connectivity index (χ3n) is 7.48. The molecule has 2 aliphatic heterocycles. The number of nitrogens with one attached hydrogen (secondary N) is 1. The van der Waals surface area contributed by atoms with E-state index < -0.39 is 12.2 Å². The molecule has 1 aromatic carbocycles. The molecule has 1 saturated carbocycles. The molecule has 0 radical (unpaired) electrons. The molecule has 34 heavy (non-hydrogen) atoms. The molecule has 3 unspecified atom stereocenters. The number of likely N-dealkylation sites (tertiary alicyclic amines) is 1. The Morgan fingerprint density at radius 3 is 2.65 bits per heavy atom. The van der Waals surface area contributed by atoms with Gasteiger partial charge in [0, 0.05) is 36.8 Å². The summed E-state index contributed by atoms with van der Waals surface area (Å²) in [6, 6.07) is 11.6. The summed E-state index contributed by atoms with van der Waals surface area (Å²) in [7, 11) is 0. The minimum absolute atomic E-state index is 0.101. The van der Waals surface area contributed by atoms with Gasteiger partial charge in [0.25, 0.3) is 0 Å². The highest BCUT2D eigenvalue weighted by Crippen LogP contribution is 2.44. The highest BCUT2D eigenvalue weighted by molar-refractivity contribution is 5.84. The van der Waals surface area contributed by atoms with Crippen molar-refractivity contribution in [3.8, 4) is 11.5 Å². The number of fused-ring (bicyclic) bond motifs is 4. The van der Waals surface area contributed by atoms with Crippen LogP contribution in [0, 0.1) is 0 Å². The first-order valence-corrected chi connectivity index (χ1v) is 11.8. The molecule has 4 aromatic rings. The number of para-hydroxylation sites is 1. The standard InChI is InChI=1S/C25H23F3N6/c26-25(27,28)23(33-13-17-10-18(33)11-29-17)16-7-9-21-31-32-24(34(21)12-16)20-8-6-15-2-1-3-19(14-4-5-14)22(15)30-20/h1-3,6-9,12,14,17-18,23,29H,4-5,10-11,13H2. The van der Waals surface area contributed by atoms with Crippen LogP contribution in [-0.4, -0.2) is 55.8 Å². The number of alkyl halides is 3. The second-order valence-corrected chi connectivity index (χ2v) is 9.74. The summed E-state index contributed by atoms with van der Waals surface area (Å²) in [6.45, 7) is 1.000. The summed E-state index contributed by atoms with van der Waals surface area (Å²) in [6.07, 6.45) is 0.245. The fourth-order valence-corrected chi connectivity index (χ4v) is 5.74. The first-order valence-electron chi connectivity index (χ1n) is 11.8. The van der Waals surface area contributed by atoms with Crippen LogP contribution < -0.4 is 5.32 Å².